The molecule has 102 valence electrons. The van der Waals surface area contributed by atoms with E-state index in [0.717, 1.165) is 0 Å². The van der Waals surface area contributed by atoms with Crippen LogP contribution in [0.3, 0.4) is 0 Å². The van der Waals surface area contributed by atoms with Crippen LogP contribution in [0.25, 0.3) is 0 Å². The van der Waals surface area contributed by atoms with Gasteiger partial charge in [0.1, 0.15) is 5.75 Å². The van der Waals surface area contributed by atoms with Crippen LogP contribution in [0.1, 0.15) is 0 Å². The van der Waals surface area contributed by atoms with Crippen LogP contribution in [0.15, 0.2) is 24.3 Å². The molecule has 2 amide bonds. The fourth-order valence-corrected chi connectivity index (χ4v) is 1.92. The lowest BCUT2D eigenvalue weighted by Crippen LogP contribution is -2.50. The standard InChI is InChI=1S/C13H17N3O3/c1-19-11-5-3-2-4-10(11)15-12(17)9-16-7-6-14-8-13(16)18/h2-5,14H,6-9H2,1H3,(H,15,17). The predicted octanol–water partition coefficient (Wildman–Crippen LogP) is 0.0655. The van der Waals surface area contributed by atoms with Gasteiger partial charge in [0.25, 0.3) is 0 Å². The topological polar surface area (TPSA) is 70.7 Å². The lowest BCUT2D eigenvalue weighted by Gasteiger charge is -2.26. The van der Waals surface area contributed by atoms with E-state index in [4.69, 9.17) is 4.74 Å². The van der Waals surface area contributed by atoms with Crippen molar-refractivity contribution in [3.8, 4) is 5.75 Å². The molecule has 0 saturated carbocycles. The molecule has 1 aliphatic rings. The van der Waals surface area contributed by atoms with Crippen molar-refractivity contribution in [2.24, 2.45) is 0 Å². The molecule has 6 nitrogen and oxygen atoms in total. The van der Waals surface area contributed by atoms with Gasteiger partial charge in [-0.05, 0) is 12.1 Å². The predicted molar refractivity (Wildman–Crippen MR) is 71.1 cm³/mol. The Bertz CT molecular complexity index is 476. The fraction of sp³-hybridized carbons (Fsp3) is 0.385. The first-order chi connectivity index (χ1) is 9.20. The third-order valence-electron chi connectivity index (χ3n) is 2.90. The number of hydrogen-bond donors (Lipinski definition) is 2. The SMILES string of the molecule is COc1ccccc1NC(=O)CN1CCNCC1=O. The summed E-state index contributed by atoms with van der Waals surface area (Å²) in [5.74, 6) is 0.323. The lowest BCUT2D eigenvalue weighted by atomic mass is 10.3. The number of nitrogens with zero attached hydrogens (tertiary/aromatic N) is 1. The van der Waals surface area contributed by atoms with Crippen LogP contribution >= 0.6 is 0 Å². The Morgan fingerprint density at radius 2 is 2.26 bits per heavy atom. The summed E-state index contributed by atoms with van der Waals surface area (Å²) in [6.07, 6.45) is 0. The molecule has 1 aliphatic heterocycles. The molecule has 1 aromatic rings. The highest BCUT2D eigenvalue weighted by atomic mass is 16.5. The highest BCUT2D eigenvalue weighted by Crippen LogP contribution is 2.22. The average Bonchev–Trinajstić information content (AvgIpc) is 2.42. The normalized spacial score (nSPS) is 15.2. The van der Waals surface area contributed by atoms with E-state index in [2.05, 4.69) is 10.6 Å². The molecule has 6 heteroatoms. The minimum absolute atomic E-state index is 0.0542. The van der Waals surface area contributed by atoms with Crippen LogP contribution in [0, 0.1) is 0 Å². The minimum Gasteiger partial charge on any atom is -0.495 e. The summed E-state index contributed by atoms with van der Waals surface area (Å²) in [5, 5.41) is 5.71. The largest absolute Gasteiger partial charge is 0.495 e. The van der Waals surface area contributed by atoms with Gasteiger partial charge in [-0.25, -0.2) is 0 Å². The molecule has 0 spiro atoms. The molecule has 2 rings (SSSR count). The maximum Gasteiger partial charge on any atom is 0.244 e. The number of ether oxygens (including phenoxy) is 1. The first-order valence-electron chi connectivity index (χ1n) is 6.12. The second-order valence-corrected chi connectivity index (χ2v) is 4.24. The van der Waals surface area contributed by atoms with Crippen molar-refractivity contribution in [2.45, 2.75) is 0 Å². The number of carbonyl (C=O) groups is 2. The molecule has 1 saturated heterocycles. The number of para-hydroxylation sites is 2. The van der Waals surface area contributed by atoms with Gasteiger partial charge in [-0.3, -0.25) is 9.59 Å². The van der Waals surface area contributed by atoms with Crippen LogP contribution < -0.4 is 15.4 Å². The highest BCUT2D eigenvalue weighted by Gasteiger charge is 2.20. The smallest absolute Gasteiger partial charge is 0.244 e. The zero-order valence-electron chi connectivity index (χ0n) is 10.8. The number of methoxy groups -OCH3 is 1. The zero-order chi connectivity index (χ0) is 13.7. The number of nitrogens with one attached hydrogen (secondary N) is 2. The molecular formula is C13H17N3O3. The third-order valence-corrected chi connectivity index (χ3v) is 2.90. The number of hydrogen-bond acceptors (Lipinski definition) is 4. The van der Waals surface area contributed by atoms with Crippen LogP contribution in [0.5, 0.6) is 5.75 Å². The molecule has 0 unspecified atom stereocenters. The minimum atomic E-state index is -0.222. The van der Waals surface area contributed by atoms with Gasteiger partial charge < -0.3 is 20.3 Å². The summed E-state index contributed by atoms with van der Waals surface area (Å²) in [6, 6.07) is 7.17. The Morgan fingerprint density at radius 1 is 1.47 bits per heavy atom. The average molecular weight is 263 g/mol. The number of carbonyl (C=O) groups excluding carboxylic acids is 2. The van der Waals surface area contributed by atoms with Crippen molar-refractivity contribution in [2.75, 3.05) is 38.6 Å². The van der Waals surface area contributed by atoms with E-state index in [1.165, 1.54) is 0 Å². The van der Waals surface area contributed by atoms with Gasteiger partial charge in [0.05, 0.1) is 25.9 Å². The summed E-state index contributed by atoms with van der Waals surface area (Å²) in [5.41, 5.74) is 0.609. The number of piperazine rings is 1. The van der Waals surface area contributed by atoms with E-state index >= 15 is 0 Å². The number of rotatable bonds is 4. The molecule has 0 bridgehead atoms. The third kappa shape index (κ3) is 3.45. The maximum absolute atomic E-state index is 11.9. The van der Waals surface area contributed by atoms with Crippen LogP contribution in [0.2, 0.25) is 0 Å². The summed E-state index contributed by atoms with van der Waals surface area (Å²) in [4.78, 5) is 25.0. The second-order valence-electron chi connectivity index (χ2n) is 4.24. The summed E-state index contributed by atoms with van der Waals surface area (Å²) in [7, 11) is 1.55. The summed E-state index contributed by atoms with van der Waals surface area (Å²) >= 11 is 0. The molecule has 0 aromatic heterocycles. The van der Waals surface area contributed by atoms with Gasteiger partial charge >= 0.3 is 0 Å². The fourth-order valence-electron chi connectivity index (χ4n) is 1.92. The molecule has 2 N–H and O–H groups in total. The van der Waals surface area contributed by atoms with E-state index in [1.807, 2.05) is 12.1 Å². The van der Waals surface area contributed by atoms with E-state index in [1.54, 1.807) is 24.1 Å². The monoisotopic (exact) mass is 263 g/mol. The van der Waals surface area contributed by atoms with Crippen molar-refractivity contribution in [1.29, 1.82) is 0 Å². The molecule has 1 heterocycles. The maximum atomic E-state index is 11.9. The number of amides is 2. The van der Waals surface area contributed by atoms with Crippen LogP contribution in [-0.4, -0.2) is 50.0 Å². The van der Waals surface area contributed by atoms with E-state index in [-0.39, 0.29) is 18.4 Å². The van der Waals surface area contributed by atoms with Crippen LogP contribution in [0.4, 0.5) is 5.69 Å². The van der Waals surface area contributed by atoms with Gasteiger partial charge in [-0.15, -0.1) is 0 Å². The second kappa shape index (κ2) is 6.19. The van der Waals surface area contributed by atoms with Gasteiger partial charge in [-0.2, -0.15) is 0 Å². The molecule has 0 aliphatic carbocycles. The van der Waals surface area contributed by atoms with Gasteiger partial charge in [0.15, 0.2) is 0 Å². The zero-order valence-corrected chi connectivity index (χ0v) is 10.8. The summed E-state index contributed by atoms with van der Waals surface area (Å²) in [6.45, 7) is 1.63. The first kappa shape index (κ1) is 13.4. The molecule has 19 heavy (non-hydrogen) atoms. The Kier molecular flexibility index (Phi) is 4.35. The summed E-state index contributed by atoms with van der Waals surface area (Å²) < 4.78 is 5.15. The quantitative estimate of drug-likeness (QED) is 0.806. The Hall–Kier alpha value is -2.08. The molecule has 1 aromatic carbocycles. The Morgan fingerprint density at radius 3 is 3.00 bits per heavy atom. The highest BCUT2D eigenvalue weighted by molar-refractivity contribution is 5.96. The molecule has 1 fully saturated rings. The van der Waals surface area contributed by atoms with Crippen molar-refractivity contribution in [1.82, 2.24) is 10.2 Å². The van der Waals surface area contributed by atoms with Crippen molar-refractivity contribution < 1.29 is 14.3 Å². The number of benzene rings is 1. The molecule has 0 radical (unpaired) electrons. The van der Waals surface area contributed by atoms with Gasteiger partial charge in [0.2, 0.25) is 11.8 Å². The first-order valence-corrected chi connectivity index (χ1v) is 6.12. The Balaban J connectivity index is 1.95. The van der Waals surface area contributed by atoms with Crippen molar-refractivity contribution in [3.63, 3.8) is 0 Å². The van der Waals surface area contributed by atoms with E-state index < -0.39 is 0 Å². The molecular weight excluding hydrogens is 246 g/mol. The van der Waals surface area contributed by atoms with Gasteiger partial charge in [-0.1, -0.05) is 12.1 Å². The van der Waals surface area contributed by atoms with E-state index in [9.17, 15) is 9.59 Å². The van der Waals surface area contributed by atoms with Crippen molar-refractivity contribution in [3.05, 3.63) is 24.3 Å². The number of anilines is 1. The van der Waals surface area contributed by atoms with Crippen molar-refractivity contribution >= 4 is 17.5 Å². The van der Waals surface area contributed by atoms with Crippen LogP contribution in [-0.2, 0) is 9.59 Å². The Labute approximate surface area is 111 Å². The molecule has 0 atom stereocenters. The van der Waals surface area contributed by atoms with Gasteiger partial charge in [0, 0.05) is 13.1 Å². The lowest BCUT2D eigenvalue weighted by molar-refractivity contribution is -0.135. The van der Waals surface area contributed by atoms with E-state index in [0.29, 0.717) is 31.1 Å².